The van der Waals surface area contributed by atoms with Crippen molar-refractivity contribution in [3.63, 3.8) is 0 Å². The zero-order valence-electron chi connectivity index (χ0n) is 15.7. The van der Waals surface area contributed by atoms with Crippen LogP contribution in [0, 0.1) is 0 Å². The lowest BCUT2D eigenvalue weighted by Gasteiger charge is -2.19. The van der Waals surface area contributed by atoms with Gasteiger partial charge in [0.25, 0.3) is 0 Å². The average Bonchev–Trinajstić information content (AvgIpc) is 2.89. The fourth-order valence-electron chi connectivity index (χ4n) is 3.07. The van der Waals surface area contributed by atoms with Gasteiger partial charge in [-0.25, -0.2) is 9.59 Å². The smallest absolute Gasteiger partial charge is 0.339 e. The summed E-state index contributed by atoms with van der Waals surface area (Å²) < 4.78 is 16.2. The van der Waals surface area contributed by atoms with E-state index in [2.05, 4.69) is 31.9 Å². The molecule has 144 valence electrons. The number of carbonyl (C=O) groups excluding carboxylic acids is 2. The first kappa shape index (κ1) is 21.4. The van der Waals surface area contributed by atoms with E-state index in [0.717, 1.165) is 26.8 Å². The van der Waals surface area contributed by atoms with Gasteiger partial charge in [0.15, 0.2) is 0 Å². The van der Waals surface area contributed by atoms with Crippen LogP contribution < -0.4 is 0 Å². The molecule has 5 nitrogen and oxygen atoms in total. The molecule has 2 aliphatic rings. The van der Waals surface area contributed by atoms with E-state index in [-0.39, 0.29) is 11.1 Å². The van der Waals surface area contributed by atoms with Gasteiger partial charge in [0.2, 0.25) is 0 Å². The monoisotopic (exact) mass is 498 g/mol. The summed E-state index contributed by atoms with van der Waals surface area (Å²) in [6, 6.07) is 0. The topological polar surface area (TPSA) is 61.8 Å². The number of carbonyl (C=O) groups is 2. The summed E-state index contributed by atoms with van der Waals surface area (Å²) in [5.41, 5.74) is 4.30. The van der Waals surface area contributed by atoms with E-state index in [1.807, 2.05) is 19.9 Å². The molecule has 0 aliphatic heterocycles. The molecule has 2 rings (SSSR count). The predicted octanol–water partition coefficient (Wildman–Crippen LogP) is 4.42. The van der Waals surface area contributed by atoms with Gasteiger partial charge >= 0.3 is 11.9 Å². The SMILES string of the molecule is COC(=O)C1=CC=C(C)C2=C(C)C(Br)=C(OC)C=C(CBr)C2=C1C(=O)OC. The molecule has 7 heteroatoms. The molecule has 0 bridgehead atoms. The van der Waals surface area contributed by atoms with Crippen molar-refractivity contribution in [3.05, 3.63) is 67.5 Å². The fraction of sp³-hybridized carbons (Fsp3) is 0.300. The summed E-state index contributed by atoms with van der Waals surface area (Å²) in [7, 11) is 4.15. The van der Waals surface area contributed by atoms with Crippen LogP contribution in [0.2, 0.25) is 0 Å². The summed E-state index contributed by atoms with van der Waals surface area (Å²) in [5.74, 6) is -0.600. The molecule has 0 atom stereocenters. The van der Waals surface area contributed by atoms with E-state index in [0.29, 0.717) is 16.7 Å². The van der Waals surface area contributed by atoms with Gasteiger partial charge in [-0.2, -0.15) is 0 Å². The summed E-state index contributed by atoms with van der Waals surface area (Å²) in [6.07, 6.45) is 5.22. The Balaban J connectivity index is 3.05. The van der Waals surface area contributed by atoms with E-state index in [4.69, 9.17) is 14.2 Å². The Morgan fingerprint density at radius 1 is 1.00 bits per heavy atom. The Bertz CT molecular complexity index is 882. The molecule has 0 aromatic heterocycles. The molecule has 0 amide bonds. The number of halogens is 2. The van der Waals surface area contributed by atoms with Gasteiger partial charge in [-0.3, -0.25) is 0 Å². The van der Waals surface area contributed by atoms with Gasteiger partial charge < -0.3 is 14.2 Å². The number of allylic oxidation sites excluding steroid dienone is 9. The van der Waals surface area contributed by atoms with E-state index in [1.54, 1.807) is 19.3 Å². The van der Waals surface area contributed by atoms with Crippen molar-refractivity contribution in [1.29, 1.82) is 0 Å². The van der Waals surface area contributed by atoms with Crippen molar-refractivity contribution in [2.75, 3.05) is 26.7 Å². The minimum absolute atomic E-state index is 0.144. The van der Waals surface area contributed by atoms with Crippen molar-refractivity contribution in [3.8, 4) is 0 Å². The zero-order chi connectivity index (χ0) is 20.3. The summed E-state index contributed by atoms with van der Waals surface area (Å²) >= 11 is 7.09. The van der Waals surface area contributed by atoms with E-state index >= 15 is 0 Å². The molecular formula is C20H20Br2O5. The van der Waals surface area contributed by atoms with E-state index in [1.165, 1.54) is 14.2 Å². The molecule has 0 N–H and O–H groups in total. The highest BCUT2D eigenvalue weighted by molar-refractivity contribution is 9.12. The number of hydrogen-bond acceptors (Lipinski definition) is 5. The second-order valence-corrected chi connectivity index (χ2v) is 7.20. The number of rotatable bonds is 4. The van der Waals surface area contributed by atoms with Crippen molar-refractivity contribution in [2.45, 2.75) is 13.8 Å². The van der Waals surface area contributed by atoms with Gasteiger partial charge in [-0.1, -0.05) is 22.0 Å². The van der Waals surface area contributed by atoms with Crippen LogP contribution >= 0.6 is 31.9 Å². The van der Waals surface area contributed by atoms with E-state index in [9.17, 15) is 9.59 Å². The summed E-state index contributed by atoms with van der Waals surface area (Å²) in [4.78, 5) is 25.2. The van der Waals surface area contributed by atoms with Crippen LogP contribution in [0.15, 0.2) is 67.5 Å². The summed E-state index contributed by atoms with van der Waals surface area (Å²) in [6.45, 7) is 3.85. The van der Waals surface area contributed by atoms with Gasteiger partial charge in [-0.05, 0) is 64.2 Å². The molecule has 0 spiro atoms. The summed E-state index contributed by atoms with van der Waals surface area (Å²) in [5, 5.41) is 0.439. The van der Waals surface area contributed by atoms with Crippen molar-refractivity contribution in [2.24, 2.45) is 0 Å². The minimum Gasteiger partial charge on any atom is -0.496 e. The third kappa shape index (κ3) is 3.89. The quantitative estimate of drug-likeness (QED) is 0.423. The van der Waals surface area contributed by atoms with Crippen molar-refractivity contribution in [1.82, 2.24) is 0 Å². The van der Waals surface area contributed by atoms with Crippen molar-refractivity contribution >= 4 is 43.8 Å². The predicted molar refractivity (Wildman–Crippen MR) is 110 cm³/mol. The van der Waals surface area contributed by atoms with Crippen LogP contribution in [0.3, 0.4) is 0 Å². The second kappa shape index (κ2) is 8.89. The first-order valence-corrected chi connectivity index (χ1v) is 9.96. The largest absolute Gasteiger partial charge is 0.496 e. The third-order valence-electron chi connectivity index (χ3n) is 4.37. The van der Waals surface area contributed by atoms with Gasteiger partial charge in [-0.15, -0.1) is 0 Å². The molecule has 0 saturated heterocycles. The highest BCUT2D eigenvalue weighted by Crippen LogP contribution is 2.43. The maximum atomic E-state index is 12.8. The minimum atomic E-state index is -0.612. The Hall–Kier alpha value is -1.86. The average molecular weight is 500 g/mol. The second-order valence-electron chi connectivity index (χ2n) is 5.85. The molecule has 0 unspecified atom stereocenters. The third-order valence-corrected chi connectivity index (χ3v) is 5.96. The number of fused-ring (bicyclic) bond motifs is 1. The molecule has 2 aliphatic carbocycles. The van der Waals surface area contributed by atoms with Crippen LogP contribution in [0.5, 0.6) is 0 Å². The standard InChI is InChI=1S/C20H20Br2O5/c1-10-6-7-13(19(23)26-4)17(20(24)27-5)16-12(9-21)8-14(25-3)18(22)11(2)15(10)16/h6-8H,9H2,1-5H3. The Morgan fingerprint density at radius 2 is 1.63 bits per heavy atom. The lowest BCUT2D eigenvalue weighted by molar-refractivity contribution is -0.139. The molecular weight excluding hydrogens is 480 g/mol. The van der Waals surface area contributed by atoms with Crippen LogP contribution in [0.1, 0.15) is 13.8 Å². The number of hydrogen-bond donors (Lipinski definition) is 0. The molecule has 0 radical (unpaired) electrons. The lowest BCUT2D eigenvalue weighted by atomic mass is 9.86. The lowest BCUT2D eigenvalue weighted by Crippen LogP contribution is -2.18. The maximum Gasteiger partial charge on any atom is 0.339 e. The molecule has 0 aromatic rings. The van der Waals surface area contributed by atoms with Crippen LogP contribution in [-0.2, 0) is 23.8 Å². The molecule has 0 saturated carbocycles. The maximum absolute atomic E-state index is 12.8. The molecule has 27 heavy (non-hydrogen) atoms. The highest BCUT2D eigenvalue weighted by Gasteiger charge is 2.33. The van der Waals surface area contributed by atoms with Crippen LogP contribution in [0.4, 0.5) is 0 Å². The zero-order valence-corrected chi connectivity index (χ0v) is 18.9. The Morgan fingerprint density at radius 3 is 2.15 bits per heavy atom. The molecule has 0 heterocycles. The molecule has 0 aromatic carbocycles. The molecule has 0 fully saturated rings. The normalized spacial score (nSPS) is 17.4. The first-order chi connectivity index (χ1) is 12.8. The number of alkyl halides is 1. The fourth-order valence-corrected chi connectivity index (χ4v) is 3.99. The van der Waals surface area contributed by atoms with Crippen LogP contribution in [-0.4, -0.2) is 38.6 Å². The Labute approximate surface area is 175 Å². The first-order valence-electron chi connectivity index (χ1n) is 8.04. The van der Waals surface area contributed by atoms with Gasteiger partial charge in [0.05, 0.1) is 37.0 Å². The number of esters is 2. The van der Waals surface area contributed by atoms with Crippen molar-refractivity contribution < 1.29 is 23.8 Å². The number of ether oxygens (including phenoxy) is 3. The van der Waals surface area contributed by atoms with Crippen LogP contribution in [0.25, 0.3) is 0 Å². The van der Waals surface area contributed by atoms with Gasteiger partial charge in [0, 0.05) is 10.9 Å². The Kier molecular flexibility index (Phi) is 7.06. The highest BCUT2D eigenvalue weighted by atomic mass is 79.9. The number of methoxy groups -OCH3 is 3. The van der Waals surface area contributed by atoms with E-state index < -0.39 is 11.9 Å². The van der Waals surface area contributed by atoms with Gasteiger partial charge in [0.1, 0.15) is 5.76 Å².